The van der Waals surface area contributed by atoms with E-state index in [4.69, 9.17) is 0 Å². The van der Waals surface area contributed by atoms with Crippen molar-refractivity contribution in [2.45, 2.75) is 19.0 Å². The summed E-state index contributed by atoms with van der Waals surface area (Å²) < 4.78 is 36.6. The van der Waals surface area contributed by atoms with Gasteiger partial charge in [-0.25, -0.2) is 0 Å². The Kier molecular flexibility index (Phi) is 4.35. The Morgan fingerprint density at radius 2 is 2.16 bits per heavy atom. The summed E-state index contributed by atoms with van der Waals surface area (Å²) in [5.41, 5.74) is 1.50. The molecule has 0 saturated carbocycles. The van der Waals surface area contributed by atoms with Gasteiger partial charge in [-0.15, -0.1) is 10.2 Å². The molecule has 2 heterocycles. The van der Waals surface area contributed by atoms with Crippen LogP contribution in [0.5, 0.6) is 0 Å². The van der Waals surface area contributed by atoms with Gasteiger partial charge in [-0.05, 0) is 25.9 Å². The molecule has 0 bridgehead atoms. The lowest BCUT2D eigenvalue weighted by Crippen LogP contribution is -2.42. The van der Waals surface area contributed by atoms with Crippen LogP contribution in [0.1, 0.15) is 12.8 Å². The number of nitrogens with zero attached hydrogens (tertiary/aromatic N) is 3. The molecule has 0 spiro atoms. The highest BCUT2D eigenvalue weighted by molar-refractivity contribution is 7.13. The number of carbonyl (C=O) groups excluding carboxylic acids is 1. The molecule has 9 heteroatoms. The lowest BCUT2D eigenvalue weighted by molar-refractivity contribution is -0.149. The van der Waals surface area contributed by atoms with Gasteiger partial charge in [-0.3, -0.25) is 9.69 Å². The largest absolute Gasteiger partial charge is 0.401 e. The minimum atomic E-state index is -4.18. The number of piperidine rings is 1. The Morgan fingerprint density at radius 1 is 1.47 bits per heavy atom. The molecule has 2 rings (SSSR count). The average Bonchev–Trinajstić information content (AvgIpc) is 2.80. The number of halogens is 3. The van der Waals surface area contributed by atoms with Crippen LogP contribution in [0.15, 0.2) is 5.51 Å². The van der Waals surface area contributed by atoms with Crippen LogP contribution in [0.25, 0.3) is 0 Å². The van der Waals surface area contributed by atoms with Crippen LogP contribution in [0.4, 0.5) is 18.3 Å². The third-order valence-corrected chi connectivity index (χ3v) is 3.56. The third kappa shape index (κ3) is 4.43. The van der Waals surface area contributed by atoms with Gasteiger partial charge in [-0.2, -0.15) is 13.2 Å². The Morgan fingerprint density at radius 3 is 2.68 bits per heavy atom. The fourth-order valence-electron chi connectivity index (χ4n) is 2.04. The summed E-state index contributed by atoms with van der Waals surface area (Å²) in [4.78, 5) is 13.2. The van der Waals surface area contributed by atoms with Crippen molar-refractivity contribution in [1.82, 2.24) is 15.1 Å². The molecule has 1 aliphatic heterocycles. The summed E-state index contributed by atoms with van der Waals surface area (Å²) in [5.74, 6) is -0.447. The van der Waals surface area contributed by atoms with Gasteiger partial charge < -0.3 is 5.32 Å². The van der Waals surface area contributed by atoms with Crippen LogP contribution in [-0.2, 0) is 4.79 Å². The number of hydrogen-bond acceptors (Lipinski definition) is 5. The molecular formula is C10H13F3N4OS. The Bertz CT molecular complexity index is 415. The van der Waals surface area contributed by atoms with Crippen molar-refractivity contribution in [3.05, 3.63) is 5.51 Å². The standard InChI is InChI=1S/C10H13F3N4OS/c11-10(12,13)5-17-3-1-7(2-4-17)8(18)15-9-16-14-6-19-9/h6-7H,1-5H2,(H,15,16,18). The lowest BCUT2D eigenvalue weighted by Gasteiger charge is -2.31. The highest BCUT2D eigenvalue weighted by Gasteiger charge is 2.33. The van der Waals surface area contributed by atoms with E-state index < -0.39 is 12.7 Å². The highest BCUT2D eigenvalue weighted by atomic mass is 32.1. The van der Waals surface area contributed by atoms with Gasteiger partial charge in [0.05, 0.1) is 6.54 Å². The lowest BCUT2D eigenvalue weighted by atomic mass is 9.96. The van der Waals surface area contributed by atoms with Crippen LogP contribution in [0, 0.1) is 5.92 Å². The van der Waals surface area contributed by atoms with E-state index in [0.29, 0.717) is 18.0 Å². The van der Waals surface area contributed by atoms with Gasteiger partial charge in [0.2, 0.25) is 11.0 Å². The van der Waals surface area contributed by atoms with Crippen molar-refractivity contribution >= 4 is 22.4 Å². The number of nitrogens with one attached hydrogen (secondary N) is 1. The number of amides is 1. The molecule has 1 aromatic heterocycles. The maximum Gasteiger partial charge on any atom is 0.401 e. The first kappa shape index (κ1) is 14.2. The number of carbonyl (C=O) groups is 1. The number of hydrogen-bond donors (Lipinski definition) is 1. The van der Waals surface area contributed by atoms with E-state index >= 15 is 0 Å². The summed E-state index contributed by atoms with van der Waals surface area (Å²) in [6.07, 6.45) is -3.32. The molecule has 1 aliphatic rings. The number of rotatable bonds is 3. The van der Waals surface area contributed by atoms with E-state index in [1.54, 1.807) is 0 Å². The van der Waals surface area contributed by atoms with Crippen molar-refractivity contribution in [2.24, 2.45) is 5.92 Å². The van der Waals surface area contributed by atoms with Gasteiger partial charge in [-0.1, -0.05) is 11.3 Å². The van der Waals surface area contributed by atoms with E-state index in [1.807, 2.05) is 0 Å². The summed E-state index contributed by atoms with van der Waals surface area (Å²) in [7, 11) is 0. The molecule has 1 amide bonds. The summed E-state index contributed by atoms with van der Waals surface area (Å²) in [5, 5.41) is 10.3. The number of aromatic nitrogens is 2. The first-order valence-corrected chi connectivity index (χ1v) is 6.68. The SMILES string of the molecule is O=C(Nc1nncs1)C1CCN(CC(F)(F)F)CC1. The van der Waals surface area contributed by atoms with E-state index in [2.05, 4.69) is 15.5 Å². The zero-order valence-corrected chi connectivity index (χ0v) is 10.8. The Balaban J connectivity index is 1.78. The second kappa shape index (κ2) is 5.83. The molecule has 1 N–H and O–H groups in total. The summed E-state index contributed by atoms with van der Waals surface area (Å²) >= 11 is 1.21. The molecule has 0 aromatic carbocycles. The summed E-state index contributed by atoms with van der Waals surface area (Å²) in [6, 6.07) is 0. The van der Waals surface area contributed by atoms with Crippen LogP contribution in [-0.4, -0.2) is 46.8 Å². The van der Waals surface area contributed by atoms with E-state index in [1.165, 1.54) is 21.7 Å². The Hall–Kier alpha value is -1.22. The fourth-order valence-corrected chi connectivity index (χ4v) is 2.49. The highest BCUT2D eigenvalue weighted by Crippen LogP contribution is 2.23. The molecule has 0 radical (unpaired) electrons. The van der Waals surface area contributed by atoms with Crippen molar-refractivity contribution in [2.75, 3.05) is 25.0 Å². The average molecular weight is 294 g/mol. The topological polar surface area (TPSA) is 58.1 Å². The van der Waals surface area contributed by atoms with Crippen molar-refractivity contribution < 1.29 is 18.0 Å². The molecule has 5 nitrogen and oxygen atoms in total. The second-order valence-electron chi connectivity index (χ2n) is 4.40. The maximum atomic E-state index is 12.2. The van der Waals surface area contributed by atoms with Crippen molar-refractivity contribution in [3.8, 4) is 0 Å². The molecular weight excluding hydrogens is 281 g/mol. The minimum absolute atomic E-state index is 0.191. The van der Waals surface area contributed by atoms with Gasteiger partial charge >= 0.3 is 6.18 Å². The fraction of sp³-hybridized carbons (Fsp3) is 0.700. The number of likely N-dealkylation sites (tertiary alicyclic amines) is 1. The van der Waals surface area contributed by atoms with E-state index in [0.717, 1.165) is 0 Å². The molecule has 1 fully saturated rings. The molecule has 0 atom stereocenters. The van der Waals surface area contributed by atoms with Gasteiger partial charge in [0.15, 0.2) is 0 Å². The van der Waals surface area contributed by atoms with E-state index in [-0.39, 0.29) is 24.9 Å². The van der Waals surface area contributed by atoms with Crippen molar-refractivity contribution in [1.29, 1.82) is 0 Å². The zero-order valence-electron chi connectivity index (χ0n) is 9.98. The minimum Gasteiger partial charge on any atom is -0.300 e. The zero-order chi connectivity index (χ0) is 13.9. The molecule has 0 aliphatic carbocycles. The van der Waals surface area contributed by atoms with Crippen LogP contribution >= 0.6 is 11.3 Å². The quantitative estimate of drug-likeness (QED) is 0.922. The van der Waals surface area contributed by atoms with Crippen molar-refractivity contribution in [3.63, 3.8) is 0 Å². The van der Waals surface area contributed by atoms with Crippen LogP contribution in [0.3, 0.4) is 0 Å². The Labute approximate surface area is 111 Å². The van der Waals surface area contributed by atoms with Gasteiger partial charge in [0, 0.05) is 5.92 Å². The molecule has 0 unspecified atom stereocenters. The van der Waals surface area contributed by atoms with Crippen LogP contribution < -0.4 is 5.32 Å². The van der Waals surface area contributed by atoms with E-state index in [9.17, 15) is 18.0 Å². The number of anilines is 1. The normalized spacial score (nSPS) is 18.5. The predicted octanol–water partition coefficient (Wildman–Crippen LogP) is 1.75. The summed E-state index contributed by atoms with van der Waals surface area (Å²) in [6.45, 7) is -0.334. The molecule has 1 saturated heterocycles. The number of alkyl halides is 3. The first-order chi connectivity index (χ1) is 8.94. The molecule has 106 valence electrons. The predicted molar refractivity (Wildman–Crippen MR) is 63.8 cm³/mol. The molecule has 1 aromatic rings. The van der Waals surface area contributed by atoms with Gasteiger partial charge in [0.25, 0.3) is 0 Å². The first-order valence-electron chi connectivity index (χ1n) is 5.80. The smallest absolute Gasteiger partial charge is 0.300 e. The molecule has 19 heavy (non-hydrogen) atoms. The third-order valence-electron chi connectivity index (χ3n) is 2.95. The van der Waals surface area contributed by atoms with Gasteiger partial charge in [0.1, 0.15) is 5.51 Å². The second-order valence-corrected chi connectivity index (χ2v) is 5.23. The maximum absolute atomic E-state index is 12.2. The monoisotopic (exact) mass is 294 g/mol. The van der Waals surface area contributed by atoms with Crippen LogP contribution in [0.2, 0.25) is 0 Å².